The van der Waals surface area contributed by atoms with E-state index in [-0.39, 0.29) is 16.9 Å². The third-order valence-electron chi connectivity index (χ3n) is 9.32. The van der Waals surface area contributed by atoms with Crippen molar-refractivity contribution in [3.8, 4) is 0 Å². The molecule has 23 heteroatoms. The number of hydrogen-bond donors (Lipinski definition) is 0. The normalized spacial score (nSPS) is 11.8. The zero-order valence-corrected chi connectivity index (χ0v) is 38.9. The number of hydrogen-bond acceptors (Lipinski definition) is 12. The summed E-state index contributed by atoms with van der Waals surface area (Å²) in [5.74, 6) is -2.21. The minimum Gasteiger partial charge on any atom is -0.315 e. The van der Waals surface area contributed by atoms with Gasteiger partial charge in [0.1, 0.15) is 5.82 Å². The molecule has 0 radical (unpaired) electrons. The third-order valence-corrected chi connectivity index (χ3v) is 14.3. The van der Waals surface area contributed by atoms with Crippen molar-refractivity contribution < 1.29 is 42.8 Å². The van der Waals surface area contributed by atoms with Crippen LogP contribution in [0.2, 0.25) is 5.02 Å². The molecule has 0 spiro atoms. The SMILES string of the molecule is CCCCn1ccnc(S(=O)(=O)Cc2cccc(C(F)(F)F)c2)c1=O.CCCCn1ccnc(S(=O)(=O)Cc2ccccc2F)c1=O.Cn1ccnc(S(=O)(=O)Cc2ccc(Cl)cc2)c1=O. The summed E-state index contributed by atoms with van der Waals surface area (Å²) in [7, 11) is -10.5. The minimum absolute atomic E-state index is 0.0210. The van der Waals surface area contributed by atoms with Crippen LogP contribution in [0, 0.1) is 5.82 Å². The Morgan fingerprint density at radius 1 is 0.591 bits per heavy atom. The maximum Gasteiger partial charge on any atom is 0.416 e. The van der Waals surface area contributed by atoms with Gasteiger partial charge in [0, 0.05) is 67.9 Å². The molecule has 354 valence electrons. The molecule has 0 N–H and O–H groups in total. The summed E-state index contributed by atoms with van der Waals surface area (Å²) >= 11 is 5.73. The van der Waals surface area contributed by atoms with Gasteiger partial charge in [-0.2, -0.15) is 13.2 Å². The smallest absolute Gasteiger partial charge is 0.315 e. The van der Waals surface area contributed by atoms with Crippen LogP contribution in [0.3, 0.4) is 0 Å². The Balaban J connectivity index is 0.000000218. The Kier molecular flexibility index (Phi) is 18.4. The van der Waals surface area contributed by atoms with E-state index >= 15 is 0 Å². The van der Waals surface area contributed by atoms with Crippen LogP contribution in [-0.4, -0.2) is 53.9 Å². The highest BCUT2D eigenvalue weighted by Gasteiger charge is 2.31. The molecule has 0 aliphatic rings. The number of nitrogens with zero attached hydrogens (tertiary/aromatic N) is 6. The lowest BCUT2D eigenvalue weighted by atomic mass is 10.1. The van der Waals surface area contributed by atoms with Gasteiger partial charge in [0.25, 0.3) is 16.7 Å². The highest BCUT2D eigenvalue weighted by molar-refractivity contribution is 7.91. The van der Waals surface area contributed by atoms with Gasteiger partial charge in [0.2, 0.25) is 44.6 Å². The lowest BCUT2D eigenvalue weighted by Crippen LogP contribution is -2.28. The first kappa shape index (κ1) is 52.8. The summed E-state index contributed by atoms with van der Waals surface area (Å²) in [4.78, 5) is 47.3. The summed E-state index contributed by atoms with van der Waals surface area (Å²) < 4.78 is 130. The molecular formula is C43H45ClF4N6O9S3. The predicted octanol–water partition coefficient (Wildman–Crippen LogP) is 6.60. The summed E-state index contributed by atoms with van der Waals surface area (Å²) in [6.45, 7) is 4.68. The maximum atomic E-state index is 13.6. The van der Waals surface area contributed by atoms with Crippen LogP contribution < -0.4 is 16.7 Å². The van der Waals surface area contributed by atoms with Crippen LogP contribution in [0.25, 0.3) is 0 Å². The highest BCUT2D eigenvalue weighted by Crippen LogP contribution is 2.30. The number of rotatable bonds is 15. The van der Waals surface area contributed by atoms with Gasteiger partial charge in [-0.05, 0) is 48.2 Å². The van der Waals surface area contributed by atoms with Gasteiger partial charge >= 0.3 is 6.18 Å². The Labute approximate surface area is 383 Å². The lowest BCUT2D eigenvalue weighted by Gasteiger charge is -2.10. The van der Waals surface area contributed by atoms with Gasteiger partial charge in [-0.25, -0.2) is 44.6 Å². The fourth-order valence-corrected chi connectivity index (χ4v) is 10.1. The number of halogens is 5. The number of benzene rings is 3. The topological polar surface area (TPSA) is 207 Å². The average Bonchev–Trinajstić information content (AvgIpc) is 3.25. The van der Waals surface area contributed by atoms with Crippen LogP contribution in [0.5, 0.6) is 0 Å². The molecule has 6 rings (SSSR count). The summed E-state index contributed by atoms with van der Waals surface area (Å²) in [5.41, 5.74) is -2.47. The number of unbranched alkanes of at least 4 members (excludes halogenated alkanes) is 2. The molecule has 3 aromatic carbocycles. The molecule has 0 fully saturated rings. The molecule has 0 amide bonds. The number of sulfone groups is 3. The lowest BCUT2D eigenvalue weighted by molar-refractivity contribution is -0.137. The quantitative estimate of drug-likeness (QED) is 0.0998. The monoisotopic (exact) mass is 996 g/mol. The molecule has 66 heavy (non-hydrogen) atoms. The molecule has 0 aliphatic carbocycles. The van der Waals surface area contributed by atoms with Crippen LogP contribution in [0.15, 0.2) is 139 Å². The highest BCUT2D eigenvalue weighted by atomic mass is 35.5. The molecule has 0 aliphatic heterocycles. The summed E-state index contributed by atoms with van der Waals surface area (Å²) in [5, 5.41) is -1.10. The molecule has 0 unspecified atom stereocenters. The van der Waals surface area contributed by atoms with E-state index in [0.29, 0.717) is 30.1 Å². The van der Waals surface area contributed by atoms with Crippen LogP contribution >= 0.6 is 11.6 Å². The maximum absolute atomic E-state index is 13.6. The Morgan fingerprint density at radius 2 is 1.06 bits per heavy atom. The van der Waals surface area contributed by atoms with Crippen molar-refractivity contribution >= 4 is 41.1 Å². The first-order valence-corrected chi connectivity index (χ1v) is 25.3. The molecular weight excluding hydrogens is 952 g/mol. The zero-order chi connectivity index (χ0) is 48.9. The van der Waals surface area contributed by atoms with Gasteiger partial charge < -0.3 is 13.7 Å². The molecule has 3 aromatic heterocycles. The number of aryl methyl sites for hydroxylation is 3. The first-order chi connectivity index (χ1) is 31.0. The van der Waals surface area contributed by atoms with Gasteiger partial charge in [-0.1, -0.05) is 86.8 Å². The Hall–Kier alpha value is -5.84. The summed E-state index contributed by atoms with van der Waals surface area (Å²) in [6.07, 6.45) is 6.61. The van der Waals surface area contributed by atoms with E-state index < -0.39 is 90.3 Å². The molecule has 3 heterocycles. The Bertz CT molecular complexity index is 3150. The van der Waals surface area contributed by atoms with Crippen molar-refractivity contribution in [3.05, 3.63) is 174 Å². The van der Waals surface area contributed by atoms with Crippen molar-refractivity contribution in [2.45, 2.75) is 91.1 Å². The molecule has 0 bridgehead atoms. The van der Waals surface area contributed by atoms with Gasteiger partial charge in [-0.3, -0.25) is 14.4 Å². The van der Waals surface area contributed by atoms with Gasteiger partial charge in [0.05, 0.1) is 22.8 Å². The zero-order valence-electron chi connectivity index (χ0n) is 35.7. The van der Waals surface area contributed by atoms with E-state index in [9.17, 15) is 57.2 Å². The van der Waals surface area contributed by atoms with Crippen LogP contribution in [-0.2, 0) is 73.1 Å². The van der Waals surface area contributed by atoms with Crippen molar-refractivity contribution in [2.24, 2.45) is 7.05 Å². The number of alkyl halides is 3. The second-order valence-electron chi connectivity index (χ2n) is 14.5. The second kappa shape index (κ2) is 23.1. The van der Waals surface area contributed by atoms with E-state index in [1.54, 1.807) is 30.3 Å². The Morgan fingerprint density at radius 3 is 1.56 bits per heavy atom. The fraction of sp³-hybridized carbons (Fsp3) is 0.302. The van der Waals surface area contributed by atoms with Crippen molar-refractivity contribution in [3.63, 3.8) is 0 Å². The van der Waals surface area contributed by atoms with Crippen molar-refractivity contribution in [1.29, 1.82) is 0 Å². The van der Waals surface area contributed by atoms with E-state index in [1.165, 1.54) is 82.2 Å². The predicted molar refractivity (Wildman–Crippen MR) is 238 cm³/mol. The van der Waals surface area contributed by atoms with Crippen molar-refractivity contribution in [1.82, 2.24) is 28.7 Å². The largest absolute Gasteiger partial charge is 0.416 e. The minimum atomic E-state index is -4.57. The first-order valence-electron chi connectivity index (χ1n) is 20.0. The average molecular weight is 998 g/mol. The molecule has 0 saturated carbocycles. The van der Waals surface area contributed by atoms with E-state index in [2.05, 4.69) is 15.0 Å². The van der Waals surface area contributed by atoms with Crippen LogP contribution in [0.1, 0.15) is 61.8 Å². The number of aromatic nitrogens is 6. The van der Waals surface area contributed by atoms with E-state index in [1.807, 2.05) is 13.8 Å². The molecule has 15 nitrogen and oxygen atoms in total. The standard InChI is InChI=1S/C16H17F3N2O3S.C15H17FN2O3S.C12H11ClN2O3S/c1-2-3-8-21-9-7-20-14(15(21)22)25(23,24)11-12-5-4-6-13(10-12)16(17,18)19;1-2-3-9-18-10-8-17-14(15(18)19)22(20,21)11-12-6-4-5-7-13(12)16;1-15-7-6-14-11(12(15)16)19(17,18)8-9-2-4-10(13)5-3-9/h4-7,9-10H,2-3,8,11H2,1H3;4-8,10H,2-3,9,11H2,1H3;2-7H,8H2,1H3. The van der Waals surface area contributed by atoms with E-state index in [0.717, 1.165) is 37.5 Å². The van der Waals surface area contributed by atoms with Crippen molar-refractivity contribution in [2.75, 3.05) is 0 Å². The molecule has 6 aromatic rings. The second-order valence-corrected chi connectivity index (χ2v) is 20.7. The summed E-state index contributed by atoms with van der Waals surface area (Å²) in [6, 6.07) is 16.0. The molecule has 0 saturated heterocycles. The fourth-order valence-electron chi connectivity index (χ4n) is 5.86. The van der Waals surface area contributed by atoms with Gasteiger partial charge in [0.15, 0.2) is 0 Å². The third kappa shape index (κ3) is 14.6. The van der Waals surface area contributed by atoms with Gasteiger partial charge in [-0.15, -0.1) is 0 Å². The van der Waals surface area contributed by atoms with E-state index in [4.69, 9.17) is 11.6 Å². The molecule has 0 atom stereocenters. The van der Waals surface area contributed by atoms with Crippen LogP contribution in [0.4, 0.5) is 17.6 Å².